The van der Waals surface area contributed by atoms with Crippen molar-refractivity contribution in [1.82, 2.24) is 0 Å². The van der Waals surface area contributed by atoms with E-state index < -0.39 is 6.10 Å². The highest BCUT2D eigenvalue weighted by Gasteiger charge is 2.19. The number of unbranched alkanes of at least 4 members (excludes halogenated alkanes) is 19. The lowest BCUT2D eigenvalue weighted by atomic mass is 10.1. The monoisotopic (exact) mass is 769 g/mol. The number of carbonyl (C=O) groups is 3. The first-order valence-electron chi connectivity index (χ1n) is 22.8. The highest BCUT2D eigenvalue weighted by atomic mass is 16.6. The first-order chi connectivity index (χ1) is 27.0. The van der Waals surface area contributed by atoms with Gasteiger partial charge in [0.1, 0.15) is 13.2 Å². The summed E-state index contributed by atoms with van der Waals surface area (Å²) in [5.74, 6) is -0.932. The molecule has 0 fully saturated rings. The summed E-state index contributed by atoms with van der Waals surface area (Å²) in [6, 6.07) is 0. The third-order valence-corrected chi connectivity index (χ3v) is 9.43. The number of hydrogen-bond donors (Lipinski definition) is 0. The van der Waals surface area contributed by atoms with Gasteiger partial charge in [-0.2, -0.15) is 0 Å². The Kier molecular flexibility index (Phi) is 41.5. The Hall–Kier alpha value is -2.89. The lowest BCUT2D eigenvalue weighted by molar-refractivity contribution is -0.167. The number of ether oxygens (including phenoxy) is 3. The molecule has 0 N–H and O–H groups in total. The first kappa shape index (κ1) is 52.1. The van der Waals surface area contributed by atoms with Gasteiger partial charge in [0.2, 0.25) is 0 Å². The largest absolute Gasteiger partial charge is 0.462 e. The zero-order valence-electron chi connectivity index (χ0n) is 35.9. The van der Waals surface area contributed by atoms with Gasteiger partial charge < -0.3 is 14.2 Å². The van der Waals surface area contributed by atoms with Gasteiger partial charge in [0, 0.05) is 19.3 Å². The molecule has 316 valence electrons. The SMILES string of the molecule is CCC/C=C\C/C=C\CCCCCCCC(=O)OCC(COC(=O)CCCCCCC/C=C\CCCC)OC(=O)CCCCCCC/C=C\C/C=C\CCC. The van der Waals surface area contributed by atoms with Crippen molar-refractivity contribution in [3.63, 3.8) is 0 Å². The van der Waals surface area contributed by atoms with Crippen LogP contribution in [0.3, 0.4) is 0 Å². The van der Waals surface area contributed by atoms with Crippen LogP contribution in [-0.4, -0.2) is 37.2 Å². The Morgan fingerprint density at radius 2 is 0.691 bits per heavy atom. The van der Waals surface area contributed by atoms with Crippen molar-refractivity contribution in [1.29, 1.82) is 0 Å². The fourth-order valence-corrected chi connectivity index (χ4v) is 5.97. The van der Waals surface area contributed by atoms with Crippen LogP contribution in [0.2, 0.25) is 0 Å². The molecule has 0 rings (SSSR count). The zero-order valence-corrected chi connectivity index (χ0v) is 35.9. The summed E-state index contributed by atoms with van der Waals surface area (Å²) < 4.78 is 16.7. The van der Waals surface area contributed by atoms with Crippen LogP contribution in [0.25, 0.3) is 0 Å². The Morgan fingerprint density at radius 1 is 0.364 bits per heavy atom. The Balaban J connectivity index is 4.44. The van der Waals surface area contributed by atoms with E-state index in [0.717, 1.165) is 128 Å². The Bertz CT molecular complexity index is 1020. The molecular weight excluding hydrogens is 685 g/mol. The van der Waals surface area contributed by atoms with Gasteiger partial charge >= 0.3 is 17.9 Å². The maximum Gasteiger partial charge on any atom is 0.306 e. The molecule has 0 aliphatic rings. The molecule has 0 aromatic carbocycles. The zero-order chi connectivity index (χ0) is 40.1. The van der Waals surface area contributed by atoms with Crippen molar-refractivity contribution >= 4 is 17.9 Å². The van der Waals surface area contributed by atoms with Gasteiger partial charge in [-0.25, -0.2) is 0 Å². The third-order valence-electron chi connectivity index (χ3n) is 9.43. The standard InChI is InChI=1S/C49H84O6/c1-4-7-10-13-16-19-22-24-27-30-33-36-39-42-48(51)54-45-46(44-53-47(50)41-38-35-32-29-26-21-18-15-12-9-6-3)55-49(52)43-40-37-34-31-28-25-23-20-17-14-11-8-5-2/h10-11,13-15,18-20,22-23,46H,4-9,12,16-17,21,24-45H2,1-3H3/b13-10-,14-11-,18-15-,22-19-,23-20-. The van der Waals surface area contributed by atoms with Crippen LogP contribution in [0.15, 0.2) is 60.8 Å². The number of allylic oxidation sites excluding steroid dienone is 10. The van der Waals surface area contributed by atoms with Crippen molar-refractivity contribution in [3.8, 4) is 0 Å². The van der Waals surface area contributed by atoms with Gasteiger partial charge in [-0.05, 0) is 89.9 Å². The van der Waals surface area contributed by atoms with Gasteiger partial charge in [0.05, 0.1) is 0 Å². The molecule has 0 aliphatic heterocycles. The van der Waals surface area contributed by atoms with Crippen molar-refractivity contribution < 1.29 is 28.6 Å². The summed E-state index contributed by atoms with van der Waals surface area (Å²) in [7, 11) is 0. The van der Waals surface area contributed by atoms with E-state index in [1.54, 1.807) is 0 Å². The molecule has 0 radical (unpaired) electrons. The minimum atomic E-state index is -0.787. The summed E-state index contributed by atoms with van der Waals surface area (Å²) in [5, 5.41) is 0. The normalized spacial score (nSPS) is 12.6. The molecule has 0 aromatic rings. The second-order valence-electron chi connectivity index (χ2n) is 14.9. The molecule has 1 unspecified atom stereocenters. The molecule has 0 heterocycles. The second kappa shape index (κ2) is 43.8. The molecule has 0 amide bonds. The van der Waals surface area contributed by atoms with E-state index in [4.69, 9.17) is 14.2 Å². The first-order valence-corrected chi connectivity index (χ1v) is 22.8. The van der Waals surface area contributed by atoms with Crippen LogP contribution in [0.1, 0.15) is 213 Å². The number of esters is 3. The average molecular weight is 769 g/mol. The topological polar surface area (TPSA) is 78.9 Å². The maximum absolute atomic E-state index is 12.7. The molecule has 55 heavy (non-hydrogen) atoms. The predicted octanol–water partition coefficient (Wildman–Crippen LogP) is 14.5. The quantitative estimate of drug-likeness (QED) is 0.0267. The molecule has 0 aromatic heterocycles. The van der Waals surface area contributed by atoms with Gasteiger partial charge in [0.15, 0.2) is 6.10 Å². The number of hydrogen-bond acceptors (Lipinski definition) is 6. The molecule has 0 saturated heterocycles. The second-order valence-corrected chi connectivity index (χ2v) is 14.9. The summed E-state index contributed by atoms with van der Waals surface area (Å²) in [5.41, 5.74) is 0. The maximum atomic E-state index is 12.7. The van der Waals surface area contributed by atoms with E-state index in [-0.39, 0.29) is 31.1 Å². The summed E-state index contributed by atoms with van der Waals surface area (Å²) >= 11 is 0. The van der Waals surface area contributed by atoms with Crippen LogP contribution >= 0.6 is 0 Å². The van der Waals surface area contributed by atoms with E-state index in [1.807, 2.05) is 0 Å². The van der Waals surface area contributed by atoms with Gasteiger partial charge in [-0.15, -0.1) is 0 Å². The van der Waals surface area contributed by atoms with Crippen LogP contribution in [0.5, 0.6) is 0 Å². The third kappa shape index (κ3) is 42.1. The van der Waals surface area contributed by atoms with E-state index in [0.29, 0.717) is 19.3 Å². The van der Waals surface area contributed by atoms with Gasteiger partial charge in [-0.1, -0.05) is 165 Å². The minimum absolute atomic E-state index is 0.0897. The van der Waals surface area contributed by atoms with Gasteiger partial charge in [-0.3, -0.25) is 14.4 Å². The van der Waals surface area contributed by atoms with Crippen LogP contribution in [0.4, 0.5) is 0 Å². The highest BCUT2D eigenvalue weighted by Crippen LogP contribution is 2.13. The van der Waals surface area contributed by atoms with Crippen molar-refractivity contribution in [2.24, 2.45) is 0 Å². The molecule has 0 saturated carbocycles. The Morgan fingerprint density at radius 3 is 1.09 bits per heavy atom. The molecule has 0 aliphatic carbocycles. The molecule has 0 spiro atoms. The smallest absolute Gasteiger partial charge is 0.306 e. The fourth-order valence-electron chi connectivity index (χ4n) is 5.97. The average Bonchev–Trinajstić information content (AvgIpc) is 3.18. The van der Waals surface area contributed by atoms with E-state index in [2.05, 4.69) is 81.5 Å². The van der Waals surface area contributed by atoms with Crippen LogP contribution in [-0.2, 0) is 28.6 Å². The van der Waals surface area contributed by atoms with Crippen molar-refractivity contribution in [2.45, 2.75) is 219 Å². The molecular formula is C49H84O6. The molecule has 0 bridgehead atoms. The molecule has 6 heteroatoms. The molecule has 6 nitrogen and oxygen atoms in total. The lowest BCUT2D eigenvalue weighted by Gasteiger charge is -2.18. The Labute approximate surface area is 339 Å². The van der Waals surface area contributed by atoms with E-state index >= 15 is 0 Å². The summed E-state index contributed by atoms with van der Waals surface area (Å²) in [6.45, 7) is 6.42. The van der Waals surface area contributed by atoms with Crippen molar-refractivity contribution in [3.05, 3.63) is 60.8 Å². The number of rotatable bonds is 40. The van der Waals surface area contributed by atoms with E-state index in [1.165, 1.54) is 44.9 Å². The lowest BCUT2D eigenvalue weighted by Crippen LogP contribution is -2.30. The van der Waals surface area contributed by atoms with Crippen LogP contribution in [0, 0.1) is 0 Å². The number of carbonyl (C=O) groups excluding carboxylic acids is 3. The van der Waals surface area contributed by atoms with Crippen LogP contribution < -0.4 is 0 Å². The van der Waals surface area contributed by atoms with Crippen molar-refractivity contribution in [2.75, 3.05) is 13.2 Å². The molecule has 1 atom stereocenters. The highest BCUT2D eigenvalue weighted by molar-refractivity contribution is 5.71. The minimum Gasteiger partial charge on any atom is -0.462 e. The fraction of sp³-hybridized carbons (Fsp3) is 0.735. The summed E-state index contributed by atoms with van der Waals surface area (Å²) in [6.07, 6.45) is 52.0. The van der Waals surface area contributed by atoms with E-state index in [9.17, 15) is 14.4 Å². The van der Waals surface area contributed by atoms with Gasteiger partial charge in [0.25, 0.3) is 0 Å². The predicted molar refractivity (Wildman–Crippen MR) is 233 cm³/mol. The summed E-state index contributed by atoms with van der Waals surface area (Å²) in [4.78, 5) is 37.7.